The summed E-state index contributed by atoms with van der Waals surface area (Å²) in [7, 11) is 0. The first-order valence-electron chi connectivity index (χ1n) is 7.79. The van der Waals surface area contributed by atoms with Crippen LogP contribution in [0.5, 0.6) is 5.88 Å². The van der Waals surface area contributed by atoms with E-state index in [1.165, 1.54) is 6.92 Å². The zero-order valence-corrected chi connectivity index (χ0v) is 15.0. The Balaban J connectivity index is 2.13. The Bertz CT molecular complexity index is 820. The number of ether oxygens (including phenoxy) is 1. The number of aromatic carboxylic acids is 1. The summed E-state index contributed by atoms with van der Waals surface area (Å²) in [4.78, 5) is 23.2. The Kier molecular flexibility index (Phi) is 7.02. The molecule has 0 aliphatic carbocycles. The largest absolute Gasteiger partial charge is 0.477 e. The van der Waals surface area contributed by atoms with Gasteiger partial charge in [0.05, 0.1) is 5.56 Å². The zero-order valence-electron chi connectivity index (χ0n) is 14.2. The first kappa shape index (κ1) is 20.5. The van der Waals surface area contributed by atoms with Crippen molar-refractivity contribution in [2.75, 3.05) is 18.5 Å². The Morgan fingerprint density at radius 1 is 1.30 bits per heavy atom. The highest BCUT2D eigenvalue weighted by Crippen LogP contribution is 2.31. The van der Waals surface area contributed by atoms with Crippen molar-refractivity contribution in [3.63, 3.8) is 0 Å². The van der Waals surface area contributed by atoms with Gasteiger partial charge in [-0.3, -0.25) is 5.32 Å². The van der Waals surface area contributed by atoms with Crippen LogP contribution in [0.15, 0.2) is 12.1 Å². The molecule has 2 aromatic rings. The third-order valence-electron chi connectivity index (χ3n) is 3.36. The van der Waals surface area contributed by atoms with Crippen LogP contribution < -0.4 is 15.4 Å². The van der Waals surface area contributed by atoms with Crippen molar-refractivity contribution in [3.05, 3.63) is 40.5 Å². The van der Waals surface area contributed by atoms with E-state index >= 15 is 0 Å². The molecule has 27 heavy (non-hydrogen) atoms. The Morgan fingerprint density at radius 3 is 2.56 bits per heavy atom. The second-order valence-corrected chi connectivity index (χ2v) is 6.22. The fourth-order valence-corrected chi connectivity index (χ4v) is 2.81. The van der Waals surface area contributed by atoms with Gasteiger partial charge in [0.25, 0.3) is 0 Å². The molecule has 0 saturated carbocycles. The molecular formula is C16H17F2N3O5S. The van der Waals surface area contributed by atoms with Gasteiger partial charge in [-0.1, -0.05) is 0 Å². The third kappa shape index (κ3) is 5.34. The van der Waals surface area contributed by atoms with Crippen molar-refractivity contribution in [1.82, 2.24) is 9.69 Å². The number of nitrogens with one attached hydrogen (secondary N) is 2. The van der Waals surface area contributed by atoms with E-state index in [0.29, 0.717) is 23.5 Å². The van der Waals surface area contributed by atoms with Crippen LogP contribution >= 0.6 is 11.5 Å². The van der Waals surface area contributed by atoms with Crippen molar-refractivity contribution in [2.45, 2.75) is 20.0 Å². The van der Waals surface area contributed by atoms with E-state index in [0.717, 1.165) is 12.1 Å². The van der Waals surface area contributed by atoms with E-state index in [2.05, 4.69) is 15.0 Å². The van der Waals surface area contributed by atoms with Gasteiger partial charge in [0.2, 0.25) is 5.88 Å². The predicted molar refractivity (Wildman–Crippen MR) is 93.2 cm³/mol. The third-order valence-corrected chi connectivity index (χ3v) is 4.11. The molecule has 4 N–H and O–H groups in total. The SMILES string of the molecule is Cc1cc(F)c(COc2nsc(NC(=O)NCCCO)c2C(=O)O)c(F)c1. The summed E-state index contributed by atoms with van der Waals surface area (Å²) in [5.74, 6) is -3.42. The minimum absolute atomic E-state index is 0.0937. The van der Waals surface area contributed by atoms with Crippen LogP contribution in [0.25, 0.3) is 0 Å². The van der Waals surface area contributed by atoms with Gasteiger partial charge in [0.15, 0.2) is 5.56 Å². The number of carbonyl (C=O) groups excluding carboxylic acids is 1. The van der Waals surface area contributed by atoms with E-state index in [9.17, 15) is 23.5 Å². The standard InChI is InChI=1S/C16H17F2N3O5S/c1-8-5-10(17)9(11(18)6-8)7-26-13-12(15(23)24)14(27-21-13)20-16(25)19-3-2-4-22/h5-6,22H,2-4,7H2,1H3,(H,23,24)(H2,19,20,25). The second kappa shape index (κ2) is 9.24. The first-order valence-corrected chi connectivity index (χ1v) is 8.56. The number of aliphatic hydroxyl groups excluding tert-OH is 1. The molecule has 1 aromatic heterocycles. The maximum atomic E-state index is 13.9. The minimum atomic E-state index is -1.42. The van der Waals surface area contributed by atoms with Crippen molar-refractivity contribution >= 4 is 28.5 Å². The molecule has 1 aromatic carbocycles. The van der Waals surface area contributed by atoms with Crippen LogP contribution in [0.3, 0.4) is 0 Å². The molecule has 0 fully saturated rings. The minimum Gasteiger partial charge on any atom is -0.477 e. The highest BCUT2D eigenvalue weighted by molar-refractivity contribution is 7.11. The highest BCUT2D eigenvalue weighted by Gasteiger charge is 2.24. The number of urea groups is 1. The predicted octanol–water partition coefficient (Wildman–Crippen LogP) is 2.51. The monoisotopic (exact) mass is 401 g/mol. The summed E-state index contributed by atoms with van der Waals surface area (Å²) < 4.78 is 36.7. The molecule has 2 amide bonds. The molecule has 11 heteroatoms. The highest BCUT2D eigenvalue weighted by atomic mass is 32.1. The Morgan fingerprint density at radius 2 is 1.96 bits per heavy atom. The number of hydrogen-bond acceptors (Lipinski definition) is 6. The fraction of sp³-hybridized carbons (Fsp3) is 0.312. The smallest absolute Gasteiger partial charge is 0.344 e. The van der Waals surface area contributed by atoms with Gasteiger partial charge in [0.1, 0.15) is 23.2 Å². The Labute approximate surface area is 157 Å². The lowest BCUT2D eigenvalue weighted by atomic mass is 10.1. The number of carbonyl (C=O) groups is 2. The number of aliphatic hydroxyl groups is 1. The molecule has 0 aliphatic heterocycles. The molecule has 0 aliphatic rings. The van der Waals surface area contributed by atoms with Crippen molar-refractivity contribution in [3.8, 4) is 5.88 Å². The number of carboxylic acid groups (broad SMARTS) is 1. The topological polar surface area (TPSA) is 121 Å². The maximum Gasteiger partial charge on any atom is 0.344 e. The van der Waals surface area contributed by atoms with Gasteiger partial charge in [-0.2, -0.15) is 4.37 Å². The van der Waals surface area contributed by atoms with Crippen LogP contribution in [-0.2, 0) is 6.61 Å². The maximum absolute atomic E-state index is 13.9. The molecule has 146 valence electrons. The van der Waals surface area contributed by atoms with Gasteiger partial charge < -0.3 is 20.3 Å². The first-order chi connectivity index (χ1) is 12.8. The summed E-state index contributed by atoms with van der Waals surface area (Å²) >= 11 is 0.653. The molecule has 2 rings (SSSR count). The van der Waals surface area contributed by atoms with E-state index in [1.54, 1.807) is 0 Å². The van der Waals surface area contributed by atoms with Crippen LogP contribution in [0, 0.1) is 18.6 Å². The molecule has 0 bridgehead atoms. The van der Waals surface area contributed by atoms with Crippen LogP contribution in [0.1, 0.15) is 27.9 Å². The molecular weight excluding hydrogens is 384 g/mol. The average molecular weight is 401 g/mol. The normalized spacial score (nSPS) is 10.5. The van der Waals surface area contributed by atoms with Crippen molar-refractivity contribution in [2.24, 2.45) is 0 Å². The number of rotatable bonds is 8. The summed E-state index contributed by atoms with van der Waals surface area (Å²) in [6, 6.07) is 1.58. The molecule has 0 saturated heterocycles. The van der Waals surface area contributed by atoms with Gasteiger partial charge in [0, 0.05) is 13.2 Å². The number of aryl methyl sites for hydroxylation is 1. The number of carboxylic acids is 1. The van der Waals surface area contributed by atoms with Gasteiger partial charge >= 0.3 is 12.0 Å². The van der Waals surface area contributed by atoms with Gasteiger partial charge in [-0.25, -0.2) is 18.4 Å². The number of halogens is 2. The number of anilines is 1. The summed E-state index contributed by atoms with van der Waals surface area (Å²) in [6.07, 6.45) is 0.337. The van der Waals surface area contributed by atoms with Crippen LogP contribution in [0.4, 0.5) is 18.6 Å². The number of aromatic nitrogens is 1. The van der Waals surface area contributed by atoms with Crippen LogP contribution in [-0.4, -0.2) is 39.7 Å². The lowest BCUT2D eigenvalue weighted by Crippen LogP contribution is -2.30. The number of amides is 2. The average Bonchev–Trinajstić information content (AvgIpc) is 2.96. The number of benzene rings is 1. The van der Waals surface area contributed by atoms with Crippen molar-refractivity contribution < 1.29 is 33.3 Å². The Hall–Kier alpha value is -2.79. The number of hydrogen-bond donors (Lipinski definition) is 4. The van der Waals surface area contributed by atoms with Crippen molar-refractivity contribution in [1.29, 1.82) is 0 Å². The summed E-state index contributed by atoms with van der Waals surface area (Å²) in [6.45, 7) is 1.05. The zero-order chi connectivity index (χ0) is 20.0. The summed E-state index contributed by atoms with van der Waals surface area (Å²) in [5, 5.41) is 22.7. The number of nitrogens with zero attached hydrogens (tertiary/aromatic N) is 1. The molecule has 1 heterocycles. The van der Waals surface area contributed by atoms with E-state index in [1.807, 2.05) is 0 Å². The lowest BCUT2D eigenvalue weighted by molar-refractivity contribution is 0.0693. The lowest BCUT2D eigenvalue weighted by Gasteiger charge is -2.08. The van der Waals surface area contributed by atoms with Gasteiger partial charge in [-0.05, 0) is 42.6 Å². The summed E-state index contributed by atoms with van der Waals surface area (Å²) in [5.41, 5.74) is -0.390. The van der Waals surface area contributed by atoms with Gasteiger partial charge in [-0.15, -0.1) is 0 Å². The van der Waals surface area contributed by atoms with E-state index in [-0.39, 0.29) is 29.6 Å². The second-order valence-electron chi connectivity index (χ2n) is 5.45. The van der Waals surface area contributed by atoms with Crippen LogP contribution in [0.2, 0.25) is 0 Å². The molecule has 0 radical (unpaired) electrons. The quantitative estimate of drug-likeness (QED) is 0.505. The van der Waals surface area contributed by atoms with E-state index in [4.69, 9.17) is 9.84 Å². The molecule has 0 spiro atoms. The van der Waals surface area contributed by atoms with E-state index < -0.39 is 35.8 Å². The molecule has 0 unspecified atom stereocenters. The molecule has 8 nitrogen and oxygen atoms in total. The molecule has 0 atom stereocenters. The fourth-order valence-electron chi connectivity index (χ4n) is 2.08.